The summed E-state index contributed by atoms with van der Waals surface area (Å²) in [6.45, 7) is 1.75. The van der Waals surface area contributed by atoms with Crippen molar-refractivity contribution < 1.29 is 0 Å². The van der Waals surface area contributed by atoms with Gasteiger partial charge in [-0.1, -0.05) is 24.3 Å². The van der Waals surface area contributed by atoms with Crippen LogP contribution in [-0.2, 0) is 6.54 Å². The Kier molecular flexibility index (Phi) is 1.70. The van der Waals surface area contributed by atoms with Gasteiger partial charge >= 0.3 is 0 Å². The molecular weight excluding hydrogens is 148 g/mol. The quantitative estimate of drug-likeness (QED) is 0.611. The summed E-state index contributed by atoms with van der Waals surface area (Å²) in [5.74, 6) is 0. The first kappa shape index (κ1) is 7.50. The van der Waals surface area contributed by atoms with Crippen LogP contribution in [0.5, 0.6) is 0 Å². The summed E-state index contributed by atoms with van der Waals surface area (Å²) in [6, 6.07) is 8.16. The Bertz CT molecular complexity index is 317. The highest BCUT2D eigenvalue weighted by Gasteiger charge is 2.16. The summed E-state index contributed by atoms with van der Waals surface area (Å²) in [6.07, 6.45) is 0. The Labute approximate surface area is 72.3 Å². The van der Waals surface area contributed by atoms with Gasteiger partial charge in [-0.05, 0) is 12.6 Å². The van der Waals surface area contributed by atoms with Crippen molar-refractivity contribution in [3.05, 3.63) is 35.4 Å². The predicted molar refractivity (Wildman–Crippen MR) is 49.6 cm³/mol. The molecule has 2 heteroatoms. The molecule has 1 aliphatic rings. The molecule has 2 nitrogen and oxygen atoms in total. The molecule has 0 fully saturated rings. The van der Waals surface area contributed by atoms with E-state index in [1.807, 2.05) is 25.2 Å². The minimum Gasteiger partial charge on any atom is -0.303 e. The summed E-state index contributed by atoms with van der Waals surface area (Å²) in [4.78, 5) is 2.16. The fourth-order valence-corrected chi connectivity index (χ4v) is 1.65. The van der Waals surface area contributed by atoms with Gasteiger partial charge < -0.3 is 5.41 Å². The molecular formula is C10H12N2. The second kappa shape index (κ2) is 2.72. The maximum absolute atomic E-state index is 7.76. The molecule has 1 heterocycles. The Morgan fingerprint density at radius 1 is 1.25 bits per heavy atom. The fourth-order valence-electron chi connectivity index (χ4n) is 1.65. The molecule has 0 amide bonds. The van der Waals surface area contributed by atoms with Crippen molar-refractivity contribution in [1.29, 1.82) is 5.41 Å². The van der Waals surface area contributed by atoms with E-state index in [4.69, 9.17) is 5.41 Å². The number of likely N-dealkylation sites (N-methyl/N-ethyl adjacent to an activating group) is 1. The zero-order chi connectivity index (χ0) is 8.55. The average Bonchev–Trinajstić information content (AvgIpc) is 2.04. The Balaban J connectivity index is 2.47. The number of hydrogen-bond acceptors (Lipinski definition) is 2. The van der Waals surface area contributed by atoms with Crippen molar-refractivity contribution in [2.24, 2.45) is 0 Å². The molecule has 2 rings (SSSR count). The van der Waals surface area contributed by atoms with E-state index in [9.17, 15) is 0 Å². The van der Waals surface area contributed by atoms with E-state index in [0.717, 1.165) is 24.4 Å². The highest BCUT2D eigenvalue weighted by molar-refractivity contribution is 6.01. The van der Waals surface area contributed by atoms with Gasteiger partial charge in [0.25, 0.3) is 0 Å². The van der Waals surface area contributed by atoms with Gasteiger partial charge in [0.2, 0.25) is 0 Å². The lowest BCUT2D eigenvalue weighted by atomic mass is 9.99. The van der Waals surface area contributed by atoms with Crippen LogP contribution in [0.2, 0.25) is 0 Å². The lowest BCUT2D eigenvalue weighted by Gasteiger charge is -2.25. The largest absolute Gasteiger partial charge is 0.303 e. The van der Waals surface area contributed by atoms with Crippen molar-refractivity contribution in [3.63, 3.8) is 0 Å². The molecule has 0 bridgehead atoms. The van der Waals surface area contributed by atoms with E-state index in [0.29, 0.717) is 0 Å². The Morgan fingerprint density at radius 2 is 2.00 bits per heavy atom. The number of benzene rings is 1. The molecule has 1 aromatic rings. The zero-order valence-corrected chi connectivity index (χ0v) is 7.17. The molecule has 0 atom stereocenters. The van der Waals surface area contributed by atoms with Crippen molar-refractivity contribution in [2.45, 2.75) is 6.54 Å². The third-order valence-electron chi connectivity index (χ3n) is 2.21. The molecule has 0 saturated carbocycles. The molecule has 0 unspecified atom stereocenters. The molecule has 0 radical (unpaired) electrons. The average molecular weight is 160 g/mol. The van der Waals surface area contributed by atoms with E-state index in [1.165, 1.54) is 5.56 Å². The van der Waals surface area contributed by atoms with E-state index in [-0.39, 0.29) is 0 Å². The van der Waals surface area contributed by atoms with Gasteiger partial charge in [0.1, 0.15) is 0 Å². The Morgan fingerprint density at radius 3 is 2.83 bits per heavy atom. The zero-order valence-electron chi connectivity index (χ0n) is 7.17. The highest BCUT2D eigenvalue weighted by Crippen LogP contribution is 2.16. The summed E-state index contributed by atoms with van der Waals surface area (Å²) >= 11 is 0. The van der Waals surface area contributed by atoms with Gasteiger partial charge in [-0.2, -0.15) is 0 Å². The van der Waals surface area contributed by atoms with Crippen LogP contribution < -0.4 is 0 Å². The van der Waals surface area contributed by atoms with Gasteiger partial charge in [0.05, 0.1) is 5.71 Å². The van der Waals surface area contributed by atoms with Gasteiger partial charge in [-0.25, -0.2) is 0 Å². The first-order chi connectivity index (χ1) is 5.77. The standard InChI is InChI=1S/C10H12N2/c1-12-6-8-4-2-3-5-9(8)10(11)7-12/h2-5,11H,6-7H2,1H3. The van der Waals surface area contributed by atoms with Gasteiger partial charge in [-0.15, -0.1) is 0 Å². The van der Waals surface area contributed by atoms with Gasteiger partial charge in [0, 0.05) is 18.7 Å². The Hall–Kier alpha value is -1.15. The smallest absolute Gasteiger partial charge is 0.0529 e. The number of hydrogen-bond donors (Lipinski definition) is 1. The normalized spacial score (nSPS) is 17.6. The first-order valence-electron chi connectivity index (χ1n) is 4.11. The van der Waals surface area contributed by atoms with Crippen LogP contribution in [0.3, 0.4) is 0 Å². The van der Waals surface area contributed by atoms with Crippen LogP contribution in [0, 0.1) is 5.41 Å². The lowest BCUT2D eigenvalue weighted by Crippen LogP contribution is -2.31. The summed E-state index contributed by atoms with van der Waals surface area (Å²) in [5, 5.41) is 7.76. The van der Waals surface area contributed by atoms with E-state index in [2.05, 4.69) is 11.0 Å². The molecule has 0 aromatic heterocycles. The maximum atomic E-state index is 7.76. The number of nitrogens with one attached hydrogen (secondary N) is 1. The van der Waals surface area contributed by atoms with Crippen LogP contribution in [-0.4, -0.2) is 24.2 Å². The minimum atomic E-state index is 0.736. The van der Waals surface area contributed by atoms with E-state index < -0.39 is 0 Å². The fraction of sp³-hybridized carbons (Fsp3) is 0.300. The summed E-state index contributed by atoms with van der Waals surface area (Å²) in [7, 11) is 2.05. The SMILES string of the molecule is CN1CC(=N)c2ccccc2C1. The van der Waals surface area contributed by atoms with Crippen LogP contribution in [0.4, 0.5) is 0 Å². The van der Waals surface area contributed by atoms with Crippen molar-refractivity contribution in [3.8, 4) is 0 Å². The third-order valence-corrected chi connectivity index (χ3v) is 2.21. The van der Waals surface area contributed by atoms with Crippen LogP contribution in [0.25, 0.3) is 0 Å². The molecule has 1 aromatic carbocycles. The number of nitrogens with zero attached hydrogens (tertiary/aromatic N) is 1. The highest BCUT2D eigenvalue weighted by atomic mass is 15.1. The molecule has 0 aliphatic carbocycles. The van der Waals surface area contributed by atoms with Gasteiger partial charge in [-0.3, -0.25) is 4.90 Å². The molecule has 1 aliphatic heterocycles. The second-order valence-electron chi connectivity index (χ2n) is 3.31. The van der Waals surface area contributed by atoms with E-state index >= 15 is 0 Å². The van der Waals surface area contributed by atoms with Crippen LogP contribution >= 0.6 is 0 Å². The monoisotopic (exact) mass is 160 g/mol. The van der Waals surface area contributed by atoms with E-state index in [1.54, 1.807) is 0 Å². The molecule has 1 N–H and O–H groups in total. The topological polar surface area (TPSA) is 27.1 Å². The summed E-state index contributed by atoms with van der Waals surface area (Å²) in [5.41, 5.74) is 3.13. The lowest BCUT2D eigenvalue weighted by molar-refractivity contribution is 0.365. The molecule has 12 heavy (non-hydrogen) atoms. The number of rotatable bonds is 0. The second-order valence-corrected chi connectivity index (χ2v) is 3.31. The van der Waals surface area contributed by atoms with Crippen LogP contribution in [0.1, 0.15) is 11.1 Å². The van der Waals surface area contributed by atoms with Crippen molar-refractivity contribution >= 4 is 5.71 Å². The molecule has 0 spiro atoms. The van der Waals surface area contributed by atoms with Crippen LogP contribution in [0.15, 0.2) is 24.3 Å². The number of fused-ring (bicyclic) bond motifs is 1. The predicted octanol–water partition coefficient (Wildman–Crippen LogP) is 1.50. The third kappa shape index (κ3) is 1.14. The molecule has 0 saturated heterocycles. The van der Waals surface area contributed by atoms with Gasteiger partial charge in [0.15, 0.2) is 0 Å². The molecule has 62 valence electrons. The summed E-state index contributed by atoms with van der Waals surface area (Å²) < 4.78 is 0. The van der Waals surface area contributed by atoms with Crippen molar-refractivity contribution in [2.75, 3.05) is 13.6 Å². The first-order valence-corrected chi connectivity index (χ1v) is 4.11. The maximum Gasteiger partial charge on any atom is 0.0529 e. The van der Waals surface area contributed by atoms with Crippen molar-refractivity contribution in [1.82, 2.24) is 4.90 Å². The minimum absolute atomic E-state index is 0.736.